The van der Waals surface area contributed by atoms with E-state index in [1.807, 2.05) is 18.2 Å². The van der Waals surface area contributed by atoms with Crippen LogP contribution in [0.15, 0.2) is 24.3 Å². The van der Waals surface area contributed by atoms with Crippen molar-refractivity contribution in [3.63, 3.8) is 0 Å². The van der Waals surface area contributed by atoms with Crippen molar-refractivity contribution in [2.75, 3.05) is 0 Å². The van der Waals surface area contributed by atoms with Crippen molar-refractivity contribution in [2.24, 2.45) is 5.14 Å². The zero-order chi connectivity index (χ0) is 11.5. The van der Waals surface area contributed by atoms with Crippen LogP contribution in [0.5, 0.6) is 0 Å². The van der Waals surface area contributed by atoms with Gasteiger partial charge >= 0.3 is 10.3 Å². The second-order valence-electron chi connectivity index (χ2n) is 3.65. The normalized spacial score (nSPS) is 12.0. The summed E-state index contributed by atoms with van der Waals surface area (Å²) in [4.78, 5) is 0. The Hall–Kier alpha value is -0.910. The fourth-order valence-corrected chi connectivity index (χ4v) is 1.49. The van der Waals surface area contributed by atoms with Gasteiger partial charge in [-0.05, 0) is 17.0 Å². The van der Waals surface area contributed by atoms with E-state index in [1.54, 1.807) is 6.07 Å². The molecule has 0 radical (unpaired) electrons. The highest BCUT2D eigenvalue weighted by Crippen LogP contribution is 2.16. The van der Waals surface area contributed by atoms with E-state index in [2.05, 4.69) is 18.0 Å². The van der Waals surface area contributed by atoms with Gasteiger partial charge < -0.3 is 0 Å². The molecule has 0 atom stereocenters. The van der Waals surface area contributed by atoms with Gasteiger partial charge in [0.2, 0.25) is 0 Å². The zero-order valence-electron chi connectivity index (χ0n) is 8.80. The monoisotopic (exact) mass is 229 g/mol. The first kappa shape index (κ1) is 12.2. The van der Waals surface area contributed by atoms with E-state index in [4.69, 9.17) is 5.14 Å². The number of nitrogens with two attached hydrogens (primary N) is 1. The first-order valence-corrected chi connectivity index (χ1v) is 6.11. The largest absolute Gasteiger partial charge is 0.333 e. The van der Waals surface area contributed by atoms with Crippen molar-refractivity contribution in [3.05, 3.63) is 35.4 Å². The Morgan fingerprint density at radius 3 is 2.60 bits per heavy atom. The molecule has 2 N–H and O–H groups in total. The molecule has 84 valence electrons. The van der Waals surface area contributed by atoms with Gasteiger partial charge in [-0.1, -0.05) is 38.1 Å². The number of rotatable bonds is 4. The number of hydrogen-bond acceptors (Lipinski definition) is 3. The van der Waals surface area contributed by atoms with Crippen molar-refractivity contribution < 1.29 is 12.6 Å². The van der Waals surface area contributed by atoms with E-state index in [0.717, 1.165) is 11.1 Å². The van der Waals surface area contributed by atoms with E-state index >= 15 is 0 Å². The van der Waals surface area contributed by atoms with Crippen LogP contribution in [0.3, 0.4) is 0 Å². The first-order chi connectivity index (χ1) is 6.88. The summed E-state index contributed by atoms with van der Waals surface area (Å²) in [6.07, 6.45) is 0. The molecule has 0 aliphatic carbocycles. The lowest BCUT2D eigenvalue weighted by atomic mass is 10.0. The Labute approximate surface area is 90.3 Å². The quantitative estimate of drug-likeness (QED) is 0.851. The zero-order valence-corrected chi connectivity index (χ0v) is 9.62. The molecule has 0 aliphatic heterocycles. The topological polar surface area (TPSA) is 69.4 Å². The third kappa shape index (κ3) is 4.42. The van der Waals surface area contributed by atoms with Gasteiger partial charge in [0.1, 0.15) is 0 Å². The highest BCUT2D eigenvalue weighted by atomic mass is 32.2. The van der Waals surface area contributed by atoms with Gasteiger partial charge in [0, 0.05) is 0 Å². The molecule has 5 heteroatoms. The molecular weight excluding hydrogens is 214 g/mol. The minimum Gasteiger partial charge on any atom is -0.253 e. The lowest BCUT2D eigenvalue weighted by molar-refractivity contribution is 0.308. The second kappa shape index (κ2) is 4.74. The summed E-state index contributed by atoms with van der Waals surface area (Å²) in [5.74, 6) is 0.402. The van der Waals surface area contributed by atoms with Crippen LogP contribution in [0.25, 0.3) is 0 Å². The molecule has 0 amide bonds. The molecule has 1 aromatic carbocycles. The lowest BCUT2D eigenvalue weighted by Crippen LogP contribution is -2.15. The Morgan fingerprint density at radius 2 is 2.07 bits per heavy atom. The van der Waals surface area contributed by atoms with E-state index in [0.29, 0.717) is 5.92 Å². The van der Waals surface area contributed by atoms with Gasteiger partial charge in [0.15, 0.2) is 0 Å². The smallest absolute Gasteiger partial charge is 0.253 e. The molecule has 4 nitrogen and oxygen atoms in total. The van der Waals surface area contributed by atoms with Gasteiger partial charge in [-0.25, -0.2) is 5.14 Å². The van der Waals surface area contributed by atoms with E-state index in [9.17, 15) is 8.42 Å². The van der Waals surface area contributed by atoms with E-state index in [1.165, 1.54) is 0 Å². The van der Waals surface area contributed by atoms with Crippen LogP contribution in [0.2, 0.25) is 0 Å². The van der Waals surface area contributed by atoms with Crippen LogP contribution in [0.1, 0.15) is 30.9 Å². The van der Waals surface area contributed by atoms with Crippen molar-refractivity contribution in [3.8, 4) is 0 Å². The average molecular weight is 229 g/mol. The van der Waals surface area contributed by atoms with Crippen molar-refractivity contribution in [1.29, 1.82) is 0 Å². The number of hydrogen-bond donors (Lipinski definition) is 1. The maximum absolute atomic E-state index is 10.6. The van der Waals surface area contributed by atoms with Crippen LogP contribution in [-0.2, 0) is 21.1 Å². The summed E-state index contributed by atoms with van der Waals surface area (Å²) in [7, 11) is -3.86. The van der Waals surface area contributed by atoms with Crippen LogP contribution in [-0.4, -0.2) is 8.42 Å². The Balaban J connectivity index is 2.74. The predicted molar refractivity (Wildman–Crippen MR) is 58.4 cm³/mol. The third-order valence-electron chi connectivity index (χ3n) is 2.01. The van der Waals surface area contributed by atoms with Gasteiger partial charge in [-0.3, -0.25) is 4.18 Å². The average Bonchev–Trinajstić information content (AvgIpc) is 2.14. The highest BCUT2D eigenvalue weighted by Gasteiger charge is 2.04. The van der Waals surface area contributed by atoms with Crippen molar-refractivity contribution >= 4 is 10.3 Å². The van der Waals surface area contributed by atoms with E-state index < -0.39 is 10.3 Å². The first-order valence-electron chi connectivity index (χ1n) is 4.64. The summed E-state index contributed by atoms with van der Waals surface area (Å²) in [6.45, 7) is 4.12. The van der Waals surface area contributed by atoms with E-state index in [-0.39, 0.29) is 6.61 Å². The van der Waals surface area contributed by atoms with Gasteiger partial charge in [-0.15, -0.1) is 0 Å². The maximum atomic E-state index is 10.6. The van der Waals surface area contributed by atoms with Gasteiger partial charge in [-0.2, -0.15) is 8.42 Å². The molecule has 15 heavy (non-hydrogen) atoms. The lowest BCUT2D eigenvalue weighted by Gasteiger charge is -2.07. The third-order valence-corrected chi connectivity index (χ3v) is 2.45. The molecule has 0 fully saturated rings. The predicted octanol–water partition coefficient (Wildman–Crippen LogP) is 1.53. The Kier molecular flexibility index (Phi) is 3.84. The van der Waals surface area contributed by atoms with Crippen LogP contribution in [0, 0.1) is 0 Å². The molecule has 1 rings (SSSR count). The summed E-state index contributed by atoms with van der Waals surface area (Å²) in [5, 5.41) is 4.73. The van der Waals surface area contributed by atoms with Gasteiger partial charge in [0.05, 0.1) is 6.61 Å². The molecule has 0 aromatic heterocycles. The SMILES string of the molecule is CC(C)c1cccc(COS(N)(=O)=O)c1. The summed E-state index contributed by atoms with van der Waals surface area (Å²) >= 11 is 0. The molecule has 0 heterocycles. The maximum Gasteiger partial charge on any atom is 0.333 e. The molecule has 1 aromatic rings. The molecule has 0 spiro atoms. The molecule has 0 unspecified atom stereocenters. The summed E-state index contributed by atoms with van der Waals surface area (Å²) in [5.41, 5.74) is 1.95. The Morgan fingerprint density at radius 1 is 1.40 bits per heavy atom. The number of benzene rings is 1. The van der Waals surface area contributed by atoms with Crippen molar-refractivity contribution in [2.45, 2.75) is 26.4 Å². The van der Waals surface area contributed by atoms with Crippen LogP contribution >= 0.6 is 0 Å². The molecular formula is C10H15NO3S. The molecule has 0 saturated carbocycles. The summed E-state index contributed by atoms with van der Waals surface area (Å²) < 4.78 is 25.7. The molecule has 0 aliphatic rings. The minimum absolute atomic E-state index is 0.0145. The molecule has 0 bridgehead atoms. The van der Waals surface area contributed by atoms with Gasteiger partial charge in [0.25, 0.3) is 0 Å². The minimum atomic E-state index is -3.86. The van der Waals surface area contributed by atoms with Crippen LogP contribution in [0.4, 0.5) is 0 Å². The van der Waals surface area contributed by atoms with Crippen molar-refractivity contribution in [1.82, 2.24) is 0 Å². The fourth-order valence-electron chi connectivity index (χ4n) is 1.19. The summed E-state index contributed by atoms with van der Waals surface area (Å²) in [6, 6.07) is 7.58. The highest BCUT2D eigenvalue weighted by molar-refractivity contribution is 7.84. The fraction of sp³-hybridized carbons (Fsp3) is 0.400. The standard InChI is InChI=1S/C10H15NO3S/c1-8(2)10-5-3-4-9(6-10)7-14-15(11,12)13/h3-6,8H,7H2,1-2H3,(H2,11,12,13). The molecule has 0 saturated heterocycles. The second-order valence-corrected chi connectivity index (χ2v) is 4.88. The van der Waals surface area contributed by atoms with Crippen LogP contribution < -0.4 is 5.14 Å². The Bertz CT molecular complexity index is 426.